The van der Waals surface area contributed by atoms with Crippen molar-refractivity contribution in [3.05, 3.63) is 65.7 Å². The fourth-order valence-electron chi connectivity index (χ4n) is 3.31. The second kappa shape index (κ2) is 9.97. The van der Waals surface area contributed by atoms with Crippen molar-refractivity contribution < 1.29 is 9.47 Å². The summed E-state index contributed by atoms with van der Waals surface area (Å²) in [5.41, 5.74) is 2.39. The summed E-state index contributed by atoms with van der Waals surface area (Å²) in [6.07, 6.45) is 1.13. The second-order valence-electron chi connectivity index (χ2n) is 6.88. The first-order valence-electron chi connectivity index (χ1n) is 9.50. The quantitative estimate of drug-likeness (QED) is 0.602. The fourth-order valence-corrected chi connectivity index (χ4v) is 3.31. The Bertz CT molecular complexity index is 727. The number of nitrogens with one attached hydrogen (secondary N) is 1. The molecule has 0 amide bonds. The fraction of sp³-hybridized carbons (Fsp3) is 0.409. The zero-order chi connectivity index (χ0) is 18.9. The van der Waals surface area contributed by atoms with Crippen LogP contribution in [0.5, 0.6) is 5.75 Å². The summed E-state index contributed by atoms with van der Waals surface area (Å²) < 4.78 is 11.4. The molecule has 1 aliphatic rings. The molecule has 144 valence electrons. The van der Waals surface area contributed by atoms with Gasteiger partial charge in [0.2, 0.25) is 0 Å². The number of para-hydroxylation sites is 1. The van der Waals surface area contributed by atoms with Gasteiger partial charge in [0.15, 0.2) is 5.96 Å². The van der Waals surface area contributed by atoms with Crippen molar-refractivity contribution in [1.29, 1.82) is 0 Å². The molecular weight excluding hydrogens is 338 g/mol. The minimum absolute atomic E-state index is 0.551. The van der Waals surface area contributed by atoms with Crippen LogP contribution in [0.4, 0.5) is 0 Å². The largest absolute Gasteiger partial charge is 0.489 e. The first kappa shape index (κ1) is 19.2. The highest BCUT2D eigenvalue weighted by Crippen LogP contribution is 2.15. The maximum Gasteiger partial charge on any atom is 0.193 e. The first-order chi connectivity index (χ1) is 13.3. The molecule has 1 atom stereocenters. The number of rotatable bonds is 7. The molecule has 0 spiro atoms. The standard InChI is InChI=1S/C22H29N3O2/c1-23-22(25(2)15-18-12-13-26-16-18)24-14-19-8-6-7-9-20(19)17-27-21-10-4-3-5-11-21/h3-11,18H,12-17H2,1-2H3,(H,23,24). The van der Waals surface area contributed by atoms with E-state index in [2.05, 4.69) is 40.5 Å². The van der Waals surface area contributed by atoms with E-state index in [-0.39, 0.29) is 0 Å². The van der Waals surface area contributed by atoms with Gasteiger partial charge in [-0.2, -0.15) is 0 Å². The van der Waals surface area contributed by atoms with Crippen molar-refractivity contribution in [2.24, 2.45) is 10.9 Å². The molecule has 1 unspecified atom stereocenters. The number of benzene rings is 2. The summed E-state index contributed by atoms with van der Waals surface area (Å²) in [7, 11) is 3.91. The maximum absolute atomic E-state index is 5.92. The monoisotopic (exact) mass is 367 g/mol. The van der Waals surface area contributed by atoms with Gasteiger partial charge >= 0.3 is 0 Å². The lowest BCUT2D eigenvalue weighted by Gasteiger charge is -2.25. The highest BCUT2D eigenvalue weighted by atomic mass is 16.5. The van der Waals surface area contributed by atoms with E-state index in [1.54, 1.807) is 0 Å². The van der Waals surface area contributed by atoms with E-state index in [9.17, 15) is 0 Å². The van der Waals surface area contributed by atoms with Gasteiger partial charge in [-0.05, 0) is 29.7 Å². The summed E-state index contributed by atoms with van der Waals surface area (Å²) in [6.45, 7) is 3.95. The van der Waals surface area contributed by atoms with Crippen LogP contribution in [0.1, 0.15) is 17.5 Å². The number of guanidine groups is 1. The molecule has 1 N–H and O–H groups in total. The second-order valence-corrected chi connectivity index (χ2v) is 6.88. The first-order valence-corrected chi connectivity index (χ1v) is 9.50. The lowest BCUT2D eigenvalue weighted by atomic mass is 10.1. The van der Waals surface area contributed by atoms with Gasteiger partial charge in [-0.25, -0.2) is 0 Å². The molecule has 5 nitrogen and oxygen atoms in total. The SMILES string of the molecule is CN=C(NCc1ccccc1COc1ccccc1)N(C)CC1CCOC1. The highest BCUT2D eigenvalue weighted by molar-refractivity contribution is 5.79. The minimum atomic E-state index is 0.551. The van der Waals surface area contributed by atoms with Crippen LogP contribution in [0.3, 0.4) is 0 Å². The van der Waals surface area contributed by atoms with E-state index in [4.69, 9.17) is 9.47 Å². The molecule has 0 saturated carbocycles. The van der Waals surface area contributed by atoms with E-state index in [0.717, 1.165) is 37.9 Å². The third kappa shape index (κ3) is 5.73. The molecule has 0 aliphatic carbocycles. The van der Waals surface area contributed by atoms with Gasteiger partial charge in [-0.15, -0.1) is 0 Å². The molecule has 0 radical (unpaired) electrons. The number of aliphatic imine (C=N–C) groups is 1. The van der Waals surface area contributed by atoms with E-state index in [0.29, 0.717) is 19.1 Å². The lowest BCUT2D eigenvalue weighted by molar-refractivity contribution is 0.181. The molecule has 0 aromatic heterocycles. The molecule has 1 heterocycles. The predicted molar refractivity (Wildman–Crippen MR) is 109 cm³/mol. The highest BCUT2D eigenvalue weighted by Gasteiger charge is 2.19. The van der Waals surface area contributed by atoms with Crippen LogP contribution in [-0.4, -0.2) is 44.7 Å². The summed E-state index contributed by atoms with van der Waals surface area (Å²) in [4.78, 5) is 6.61. The van der Waals surface area contributed by atoms with Gasteiger partial charge < -0.3 is 19.7 Å². The molecule has 1 aliphatic heterocycles. The normalized spacial score (nSPS) is 17.0. The number of hydrogen-bond acceptors (Lipinski definition) is 3. The zero-order valence-electron chi connectivity index (χ0n) is 16.2. The van der Waals surface area contributed by atoms with Crippen LogP contribution >= 0.6 is 0 Å². The van der Waals surface area contributed by atoms with E-state index in [1.807, 2.05) is 43.4 Å². The van der Waals surface area contributed by atoms with Crippen molar-refractivity contribution in [3.63, 3.8) is 0 Å². The number of ether oxygens (including phenoxy) is 2. The van der Waals surface area contributed by atoms with Crippen molar-refractivity contribution in [2.45, 2.75) is 19.6 Å². The van der Waals surface area contributed by atoms with E-state index >= 15 is 0 Å². The van der Waals surface area contributed by atoms with Crippen LogP contribution in [0, 0.1) is 5.92 Å². The van der Waals surface area contributed by atoms with Crippen LogP contribution < -0.4 is 10.1 Å². The van der Waals surface area contributed by atoms with Gasteiger partial charge in [0.25, 0.3) is 0 Å². The summed E-state index contributed by atoms with van der Waals surface area (Å²) in [5, 5.41) is 3.48. The van der Waals surface area contributed by atoms with Gasteiger partial charge in [-0.3, -0.25) is 4.99 Å². The van der Waals surface area contributed by atoms with E-state index in [1.165, 1.54) is 11.1 Å². The molecule has 3 rings (SSSR count). The smallest absolute Gasteiger partial charge is 0.193 e. The molecule has 2 aromatic rings. The Labute approximate surface area is 162 Å². The maximum atomic E-state index is 5.92. The van der Waals surface area contributed by atoms with Crippen LogP contribution in [0.25, 0.3) is 0 Å². The van der Waals surface area contributed by atoms with E-state index < -0.39 is 0 Å². The average molecular weight is 367 g/mol. The predicted octanol–water partition coefficient (Wildman–Crippen LogP) is 3.31. The molecule has 2 aromatic carbocycles. The number of hydrogen-bond donors (Lipinski definition) is 1. The van der Waals surface area contributed by atoms with Gasteiger partial charge in [0.05, 0.1) is 6.61 Å². The summed E-state index contributed by atoms with van der Waals surface area (Å²) in [6, 6.07) is 18.3. The molecule has 1 saturated heterocycles. The third-order valence-corrected chi connectivity index (χ3v) is 4.82. The summed E-state index contributed by atoms with van der Waals surface area (Å²) in [5.74, 6) is 2.37. The van der Waals surface area contributed by atoms with Gasteiger partial charge in [-0.1, -0.05) is 42.5 Å². The molecular formula is C22H29N3O2. The Kier molecular flexibility index (Phi) is 7.11. The molecule has 0 bridgehead atoms. The van der Waals surface area contributed by atoms with Crippen molar-refractivity contribution in [3.8, 4) is 5.75 Å². The minimum Gasteiger partial charge on any atom is -0.489 e. The van der Waals surface area contributed by atoms with Crippen LogP contribution in [0.15, 0.2) is 59.6 Å². The molecule has 27 heavy (non-hydrogen) atoms. The average Bonchev–Trinajstić information content (AvgIpc) is 3.21. The third-order valence-electron chi connectivity index (χ3n) is 4.82. The van der Waals surface area contributed by atoms with Crippen LogP contribution in [0.2, 0.25) is 0 Å². The Morgan fingerprint density at radius 1 is 1.15 bits per heavy atom. The Balaban J connectivity index is 1.56. The van der Waals surface area contributed by atoms with Gasteiger partial charge in [0, 0.05) is 39.7 Å². The zero-order valence-corrected chi connectivity index (χ0v) is 16.2. The number of nitrogens with zero attached hydrogens (tertiary/aromatic N) is 2. The Morgan fingerprint density at radius 2 is 1.89 bits per heavy atom. The van der Waals surface area contributed by atoms with Crippen molar-refractivity contribution in [1.82, 2.24) is 10.2 Å². The van der Waals surface area contributed by atoms with Crippen molar-refractivity contribution in [2.75, 3.05) is 33.9 Å². The Hall–Kier alpha value is -2.53. The van der Waals surface area contributed by atoms with Crippen LogP contribution in [-0.2, 0) is 17.9 Å². The topological polar surface area (TPSA) is 46.1 Å². The lowest BCUT2D eigenvalue weighted by Crippen LogP contribution is -2.41. The molecule has 5 heteroatoms. The summed E-state index contributed by atoms with van der Waals surface area (Å²) >= 11 is 0. The van der Waals surface area contributed by atoms with Gasteiger partial charge in [0.1, 0.15) is 12.4 Å². The van der Waals surface area contributed by atoms with Crippen molar-refractivity contribution >= 4 is 5.96 Å². The Morgan fingerprint density at radius 3 is 2.59 bits per heavy atom. The molecule has 1 fully saturated rings.